The van der Waals surface area contributed by atoms with E-state index in [0.717, 1.165) is 10.0 Å². The van der Waals surface area contributed by atoms with Gasteiger partial charge in [-0.1, -0.05) is 28.1 Å². The lowest BCUT2D eigenvalue weighted by Gasteiger charge is -2.33. The molecule has 2 fully saturated rings. The maximum absolute atomic E-state index is 12.1. The zero-order valence-electron chi connectivity index (χ0n) is 10.6. The third-order valence-corrected chi connectivity index (χ3v) is 4.17. The first-order valence-electron chi connectivity index (χ1n) is 6.07. The highest BCUT2D eigenvalue weighted by molar-refractivity contribution is 9.10. The van der Waals surface area contributed by atoms with Gasteiger partial charge in [-0.25, -0.2) is 0 Å². The standard InChI is InChI=1S/C14H13BrO4/c1-13(2)18-11(16)14(12(17)19-13)7-10(14)8-3-5-9(15)6-4-8/h3-6,10H,7H2,1-2H3. The predicted octanol–water partition coefficient (Wildman–Crippen LogP) is 2.76. The Morgan fingerprint density at radius 3 is 2.16 bits per heavy atom. The van der Waals surface area contributed by atoms with Crippen molar-refractivity contribution in [2.24, 2.45) is 5.41 Å². The molecule has 1 aromatic carbocycles. The Morgan fingerprint density at radius 1 is 1.11 bits per heavy atom. The average molecular weight is 325 g/mol. The van der Waals surface area contributed by atoms with Crippen molar-refractivity contribution in [3.8, 4) is 0 Å². The first kappa shape index (κ1) is 12.7. The molecule has 1 aliphatic heterocycles. The van der Waals surface area contributed by atoms with Crippen molar-refractivity contribution < 1.29 is 19.1 Å². The van der Waals surface area contributed by atoms with Crippen molar-refractivity contribution in [3.05, 3.63) is 34.3 Å². The first-order valence-corrected chi connectivity index (χ1v) is 6.87. The van der Waals surface area contributed by atoms with Gasteiger partial charge >= 0.3 is 11.9 Å². The monoisotopic (exact) mass is 324 g/mol. The predicted molar refractivity (Wildman–Crippen MR) is 70.2 cm³/mol. The van der Waals surface area contributed by atoms with E-state index in [9.17, 15) is 9.59 Å². The second-order valence-electron chi connectivity index (χ2n) is 5.46. The van der Waals surface area contributed by atoms with E-state index in [1.54, 1.807) is 13.8 Å². The van der Waals surface area contributed by atoms with E-state index >= 15 is 0 Å². The van der Waals surface area contributed by atoms with Gasteiger partial charge in [-0.05, 0) is 24.1 Å². The topological polar surface area (TPSA) is 52.6 Å². The van der Waals surface area contributed by atoms with Crippen LogP contribution in [0.5, 0.6) is 0 Å². The summed E-state index contributed by atoms with van der Waals surface area (Å²) in [5.41, 5.74) is -0.166. The minimum atomic E-state index is -1.16. The average Bonchev–Trinajstić information content (AvgIpc) is 3.03. The van der Waals surface area contributed by atoms with Crippen LogP contribution < -0.4 is 0 Å². The molecule has 0 aromatic heterocycles. The van der Waals surface area contributed by atoms with Gasteiger partial charge in [0, 0.05) is 24.2 Å². The van der Waals surface area contributed by atoms with Gasteiger partial charge in [0.2, 0.25) is 0 Å². The number of rotatable bonds is 1. The smallest absolute Gasteiger partial charge is 0.327 e. The Morgan fingerprint density at radius 2 is 1.63 bits per heavy atom. The van der Waals surface area contributed by atoms with Crippen molar-refractivity contribution in [2.45, 2.75) is 32.0 Å². The number of ether oxygens (including phenoxy) is 2. The van der Waals surface area contributed by atoms with Gasteiger partial charge in [-0.2, -0.15) is 0 Å². The molecule has 1 aromatic rings. The molecule has 1 spiro atoms. The molecule has 0 N–H and O–H groups in total. The summed E-state index contributed by atoms with van der Waals surface area (Å²) in [5.74, 6) is -2.24. The van der Waals surface area contributed by atoms with E-state index in [1.165, 1.54) is 0 Å². The van der Waals surface area contributed by atoms with Crippen LogP contribution in [0, 0.1) is 5.41 Å². The molecule has 1 unspecified atom stereocenters. The number of carbonyl (C=O) groups excluding carboxylic acids is 2. The van der Waals surface area contributed by atoms with Gasteiger partial charge in [-0.15, -0.1) is 0 Å². The first-order chi connectivity index (χ1) is 8.85. The molecule has 5 heteroatoms. The fourth-order valence-corrected chi connectivity index (χ4v) is 2.81. The molecule has 3 rings (SSSR count). The lowest BCUT2D eigenvalue weighted by atomic mass is 9.98. The summed E-state index contributed by atoms with van der Waals surface area (Å²) in [6.07, 6.45) is 0.461. The number of benzene rings is 1. The van der Waals surface area contributed by atoms with Crippen molar-refractivity contribution >= 4 is 27.9 Å². The number of cyclic esters (lactones) is 2. The van der Waals surface area contributed by atoms with Crippen molar-refractivity contribution in [1.29, 1.82) is 0 Å². The van der Waals surface area contributed by atoms with Crippen LogP contribution in [0.2, 0.25) is 0 Å². The van der Waals surface area contributed by atoms with Gasteiger partial charge in [0.15, 0.2) is 5.41 Å². The van der Waals surface area contributed by atoms with E-state index in [1.807, 2.05) is 24.3 Å². The molecule has 4 nitrogen and oxygen atoms in total. The van der Waals surface area contributed by atoms with Crippen LogP contribution in [0.4, 0.5) is 0 Å². The normalized spacial score (nSPS) is 26.8. The lowest BCUT2D eigenvalue weighted by molar-refractivity contribution is -0.243. The summed E-state index contributed by atoms with van der Waals surface area (Å²) in [6, 6.07) is 7.60. The molecule has 2 aliphatic rings. The molecule has 0 radical (unpaired) electrons. The van der Waals surface area contributed by atoms with Crippen molar-refractivity contribution in [2.75, 3.05) is 0 Å². The molecule has 19 heavy (non-hydrogen) atoms. The highest BCUT2D eigenvalue weighted by Gasteiger charge is 2.72. The number of hydrogen-bond acceptors (Lipinski definition) is 4. The van der Waals surface area contributed by atoms with Gasteiger partial charge in [0.1, 0.15) is 0 Å². The molecule has 1 atom stereocenters. The van der Waals surface area contributed by atoms with Crippen LogP contribution >= 0.6 is 15.9 Å². The molecule has 1 saturated carbocycles. The summed E-state index contributed by atoms with van der Waals surface area (Å²) in [7, 11) is 0. The molecule has 1 heterocycles. The summed E-state index contributed by atoms with van der Waals surface area (Å²) in [5, 5.41) is 0. The van der Waals surface area contributed by atoms with E-state index in [0.29, 0.717) is 6.42 Å². The Hall–Kier alpha value is -1.36. The zero-order chi connectivity index (χ0) is 13.8. The second kappa shape index (κ2) is 3.82. The highest BCUT2D eigenvalue weighted by Crippen LogP contribution is 2.62. The summed E-state index contributed by atoms with van der Waals surface area (Å²) in [6.45, 7) is 3.12. The lowest BCUT2D eigenvalue weighted by Crippen LogP contribution is -2.48. The van der Waals surface area contributed by atoms with Gasteiger partial charge in [0.05, 0.1) is 0 Å². The number of halogens is 1. The molecule has 1 saturated heterocycles. The molecule has 0 amide bonds. The number of carbonyl (C=O) groups is 2. The molecular formula is C14H13BrO4. The van der Waals surface area contributed by atoms with Gasteiger partial charge < -0.3 is 9.47 Å². The van der Waals surface area contributed by atoms with E-state index < -0.39 is 23.1 Å². The van der Waals surface area contributed by atoms with Crippen LogP contribution in [0.25, 0.3) is 0 Å². The Labute approximate surface area is 119 Å². The van der Waals surface area contributed by atoms with Crippen molar-refractivity contribution in [3.63, 3.8) is 0 Å². The van der Waals surface area contributed by atoms with Gasteiger partial charge in [-0.3, -0.25) is 9.59 Å². The van der Waals surface area contributed by atoms with Crippen LogP contribution in [-0.4, -0.2) is 17.7 Å². The zero-order valence-corrected chi connectivity index (χ0v) is 12.2. The number of esters is 2. The molecule has 100 valence electrons. The third-order valence-electron chi connectivity index (χ3n) is 3.64. The second-order valence-corrected chi connectivity index (χ2v) is 6.37. The van der Waals surface area contributed by atoms with Crippen LogP contribution in [0.1, 0.15) is 31.7 Å². The summed E-state index contributed by atoms with van der Waals surface area (Å²) >= 11 is 3.36. The SMILES string of the molecule is CC1(C)OC(=O)C2(CC2c2ccc(Br)cc2)C(=O)O1. The van der Waals surface area contributed by atoms with E-state index in [4.69, 9.17) is 9.47 Å². The molecule has 0 bridgehead atoms. The van der Waals surface area contributed by atoms with Gasteiger partial charge in [0.25, 0.3) is 5.79 Å². The number of hydrogen-bond donors (Lipinski definition) is 0. The Kier molecular flexibility index (Phi) is 2.55. The van der Waals surface area contributed by atoms with Crippen LogP contribution in [-0.2, 0) is 19.1 Å². The van der Waals surface area contributed by atoms with Crippen molar-refractivity contribution in [1.82, 2.24) is 0 Å². The minimum Gasteiger partial charge on any atom is -0.422 e. The van der Waals surface area contributed by atoms with Crippen LogP contribution in [0.15, 0.2) is 28.7 Å². The van der Waals surface area contributed by atoms with E-state index in [-0.39, 0.29) is 5.92 Å². The van der Waals surface area contributed by atoms with Crippen LogP contribution in [0.3, 0.4) is 0 Å². The molecule has 1 aliphatic carbocycles. The Bertz CT molecular complexity index is 541. The fourth-order valence-electron chi connectivity index (χ4n) is 2.54. The highest BCUT2D eigenvalue weighted by atomic mass is 79.9. The largest absolute Gasteiger partial charge is 0.422 e. The fraction of sp³-hybridized carbons (Fsp3) is 0.429. The maximum atomic E-state index is 12.1. The summed E-state index contributed by atoms with van der Waals surface area (Å²) in [4.78, 5) is 24.2. The van der Waals surface area contributed by atoms with E-state index in [2.05, 4.69) is 15.9 Å². The minimum absolute atomic E-state index is 0.142. The quantitative estimate of drug-likeness (QED) is 0.588. The molecular weight excluding hydrogens is 312 g/mol. The third kappa shape index (κ3) is 1.87. The Balaban J connectivity index is 1.89. The maximum Gasteiger partial charge on any atom is 0.327 e. The summed E-state index contributed by atoms with van der Waals surface area (Å²) < 4.78 is 11.4.